The average Bonchev–Trinajstić information content (AvgIpc) is 2.10. The molecule has 1 aliphatic heterocycles. The SMILES string of the molecule is CC[C@@H]1C[C@@H](N)CN1C. The van der Waals surface area contributed by atoms with Crippen LogP contribution in [0, 0.1) is 0 Å². The molecule has 1 fully saturated rings. The molecule has 1 rings (SSSR count). The molecule has 2 heteroatoms. The maximum absolute atomic E-state index is 5.75. The minimum absolute atomic E-state index is 0.431. The smallest absolute Gasteiger partial charge is 0.0182 e. The lowest BCUT2D eigenvalue weighted by atomic mass is 10.1. The zero-order valence-electron chi connectivity index (χ0n) is 6.30. The molecular formula is C7H16N2. The van der Waals surface area contributed by atoms with Crippen LogP contribution < -0.4 is 5.73 Å². The van der Waals surface area contributed by atoms with E-state index < -0.39 is 0 Å². The Bertz CT molecular complexity index is 92.9. The van der Waals surface area contributed by atoms with Gasteiger partial charge < -0.3 is 10.6 Å². The second-order valence-electron chi connectivity index (χ2n) is 3.00. The zero-order chi connectivity index (χ0) is 6.85. The fourth-order valence-electron chi connectivity index (χ4n) is 1.60. The summed E-state index contributed by atoms with van der Waals surface area (Å²) in [6.45, 7) is 3.30. The Hall–Kier alpha value is -0.0800. The Labute approximate surface area is 57.0 Å². The van der Waals surface area contributed by atoms with Gasteiger partial charge in [0.15, 0.2) is 0 Å². The fourth-order valence-corrected chi connectivity index (χ4v) is 1.60. The summed E-state index contributed by atoms with van der Waals surface area (Å²) in [6.07, 6.45) is 2.43. The fraction of sp³-hybridized carbons (Fsp3) is 1.00. The molecule has 0 radical (unpaired) electrons. The molecule has 1 saturated heterocycles. The predicted octanol–water partition coefficient (Wildman–Crippen LogP) is 0.428. The van der Waals surface area contributed by atoms with Crippen LogP contribution in [-0.4, -0.2) is 30.6 Å². The van der Waals surface area contributed by atoms with Crippen LogP contribution in [0.15, 0.2) is 0 Å². The molecule has 54 valence electrons. The topological polar surface area (TPSA) is 29.3 Å². The van der Waals surface area contributed by atoms with Crippen molar-refractivity contribution >= 4 is 0 Å². The minimum atomic E-state index is 0.431. The molecule has 0 aromatic heterocycles. The Morgan fingerprint density at radius 2 is 2.33 bits per heavy atom. The summed E-state index contributed by atoms with van der Waals surface area (Å²) >= 11 is 0. The third-order valence-electron chi connectivity index (χ3n) is 2.19. The quantitative estimate of drug-likeness (QED) is 0.555. The van der Waals surface area contributed by atoms with E-state index in [-0.39, 0.29) is 0 Å². The Morgan fingerprint density at radius 3 is 2.56 bits per heavy atom. The van der Waals surface area contributed by atoms with Gasteiger partial charge >= 0.3 is 0 Å². The average molecular weight is 128 g/mol. The number of nitrogens with zero attached hydrogens (tertiary/aromatic N) is 1. The lowest BCUT2D eigenvalue weighted by Crippen LogP contribution is -2.25. The number of rotatable bonds is 1. The van der Waals surface area contributed by atoms with Crippen molar-refractivity contribution in [2.45, 2.75) is 31.8 Å². The molecule has 0 aliphatic carbocycles. The zero-order valence-corrected chi connectivity index (χ0v) is 6.30. The van der Waals surface area contributed by atoms with Crippen molar-refractivity contribution in [1.29, 1.82) is 0 Å². The van der Waals surface area contributed by atoms with Gasteiger partial charge in [-0.05, 0) is 19.9 Å². The van der Waals surface area contributed by atoms with Crippen LogP contribution in [0.25, 0.3) is 0 Å². The van der Waals surface area contributed by atoms with Gasteiger partial charge in [0.05, 0.1) is 0 Å². The van der Waals surface area contributed by atoms with Gasteiger partial charge in [-0.25, -0.2) is 0 Å². The molecule has 0 amide bonds. The summed E-state index contributed by atoms with van der Waals surface area (Å²) in [6, 6.07) is 1.18. The molecule has 1 aliphatic rings. The highest BCUT2D eigenvalue weighted by atomic mass is 15.2. The maximum Gasteiger partial charge on any atom is 0.0182 e. The Morgan fingerprint density at radius 1 is 1.67 bits per heavy atom. The van der Waals surface area contributed by atoms with Gasteiger partial charge in [0.1, 0.15) is 0 Å². The minimum Gasteiger partial charge on any atom is -0.326 e. The monoisotopic (exact) mass is 128 g/mol. The van der Waals surface area contributed by atoms with Gasteiger partial charge in [-0.2, -0.15) is 0 Å². The van der Waals surface area contributed by atoms with Gasteiger partial charge in [-0.3, -0.25) is 0 Å². The van der Waals surface area contributed by atoms with Crippen LogP contribution in [0.1, 0.15) is 19.8 Å². The number of nitrogens with two attached hydrogens (primary N) is 1. The van der Waals surface area contributed by atoms with E-state index in [1.165, 1.54) is 12.8 Å². The number of hydrogen-bond acceptors (Lipinski definition) is 2. The van der Waals surface area contributed by atoms with Crippen LogP contribution >= 0.6 is 0 Å². The molecular weight excluding hydrogens is 112 g/mol. The normalized spacial score (nSPS) is 37.7. The van der Waals surface area contributed by atoms with E-state index in [1.54, 1.807) is 0 Å². The summed E-state index contributed by atoms with van der Waals surface area (Å²) in [5.41, 5.74) is 5.75. The van der Waals surface area contributed by atoms with E-state index in [9.17, 15) is 0 Å². The summed E-state index contributed by atoms with van der Waals surface area (Å²) in [5.74, 6) is 0. The standard InChI is InChI=1S/C7H16N2/c1-3-7-4-6(8)5-9(7)2/h6-7H,3-5,8H2,1-2H3/t6-,7-/m1/s1. The lowest BCUT2D eigenvalue weighted by Gasteiger charge is -2.15. The Balaban J connectivity index is 2.38. The molecule has 2 N–H and O–H groups in total. The summed E-state index contributed by atoms with van der Waals surface area (Å²) < 4.78 is 0. The van der Waals surface area contributed by atoms with E-state index in [2.05, 4.69) is 18.9 Å². The first kappa shape index (κ1) is 7.03. The number of likely N-dealkylation sites (tertiary alicyclic amines) is 1. The van der Waals surface area contributed by atoms with Crippen molar-refractivity contribution in [1.82, 2.24) is 4.90 Å². The molecule has 0 spiro atoms. The predicted molar refractivity (Wildman–Crippen MR) is 39.3 cm³/mol. The van der Waals surface area contributed by atoms with E-state index in [0.717, 1.165) is 12.6 Å². The molecule has 0 aromatic rings. The first-order chi connectivity index (χ1) is 4.24. The highest BCUT2D eigenvalue weighted by Crippen LogP contribution is 2.15. The van der Waals surface area contributed by atoms with Gasteiger partial charge in [-0.1, -0.05) is 6.92 Å². The van der Waals surface area contributed by atoms with Crippen LogP contribution in [0.5, 0.6) is 0 Å². The van der Waals surface area contributed by atoms with Crippen molar-refractivity contribution in [2.24, 2.45) is 5.73 Å². The highest BCUT2D eigenvalue weighted by Gasteiger charge is 2.24. The van der Waals surface area contributed by atoms with Crippen LogP contribution in [0.3, 0.4) is 0 Å². The second-order valence-corrected chi connectivity index (χ2v) is 3.00. The Kier molecular flexibility index (Phi) is 2.09. The molecule has 0 aromatic carbocycles. The van der Waals surface area contributed by atoms with Crippen molar-refractivity contribution in [2.75, 3.05) is 13.6 Å². The van der Waals surface area contributed by atoms with E-state index in [0.29, 0.717) is 6.04 Å². The van der Waals surface area contributed by atoms with E-state index in [1.807, 2.05) is 0 Å². The van der Waals surface area contributed by atoms with Crippen molar-refractivity contribution in [3.8, 4) is 0 Å². The van der Waals surface area contributed by atoms with Crippen molar-refractivity contribution < 1.29 is 0 Å². The number of likely N-dealkylation sites (N-methyl/N-ethyl adjacent to an activating group) is 1. The first-order valence-corrected chi connectivity index (χ1v) is 3.70. The lowest BCUT2D eigenvalue weighted by molar-refractivity contribution is 0.303. The van der Waals surface area contributed by atoms with Crippen LogP contribution in [0.4, 0.5) is 0 Å². The van der Waals surface area contributed by atoms with Crippen LogP contribution in [-0.2, 0) is 0 Å². The van der Waals surface area contributed by atoms with E-state index in [4.69, 9.17) is 5.73 Å². The van der Waals surface area contributed by atoms with Gasteiger partial charge in [0.2, 0.25) is 0 Å². The van der Waals surface area contributed by atoms with E-state index >= 15 is 0 Å². The number of hydrogen-bond donors (Lipinski definition) is 1. The molecule has 0 unspecified atom stereocenters. The summed E-state index contributed by atoms with van der Waals surface area (Å²) in [7, 11) is 2.15. The van der Waals surface area contributed by atoms with Gasteiger partial charge in [-0.15, -0.1) is 0 Å². The molecule has 2 atom stereocenters. The molecule has 9 heavy (non-hydrogen) atoms. The van der Waals surface area contributed by atoms with Gasteiger partial charge in [0, 0.05) is 18.6 Å². The molecule has 1 heterocycles. The molecule has 2 nitrogen and oxygen atoms in total. The van der Waals surface area contributed by atoms with Crippen molar-refractivity contribution in [3.63, 3.8) is 0 Å². The third-order valence-corrected chi connectivity index (χ3v) is 2.19. The highest BCUT2D eigenvalue weighted by molar-refractivity contribution is 4.83. The van der Waals surface area contributed by atoms with Crippen molar-refractivity contribution in [3.05, 3.63) is 0 Å². The largest absolute Gasteiger partial charge is 0.326 e. The third kappa shape index (κ3) is 1.43. The maximum atomic E-state index is 5.75. The summed E-state index contributed by atoms with van der Waals surface area (Å²) in [5, 5.41) is 0. The first-order valence-electron chi connectivity index (χ1n) is 3.70. The molecule has 0 bridgehead atoms. The van der Waals surface area contributed by atoms with Crippen LogP contribution in [0.2, 0.25) is 0 Å². The van der Waals surface area contributed by atoms with Gasteiger partial charge in [0.25, 0.3) is 0 Å². The molecule has 0 saturated carbocycles. The second kappa shape index (κ2) is 2.67. The summed E-state index contributed by atoms with van der Waals surface area (Å²) in [4.78, 5) is 2.35.